The van der Waals surface area contributed by atoms with Crippen molar-refractivity contribution in [2.24, 2.45) is 0 Å². The third kappa shape index (κ3) is 4.81. The van der Waals surface area contributed by atoms with E-state index in [0.717, 1.165) is 16.5 Å². The molecule has 172 valence electrons. The summed E-state index contributed by atoms with van der Waals surface area (Å²) in [5.41, 5.74) is 2.93. The fraction of sp³-hybridized carbons (Fsp3) is 0.227. The number of carbonyl (C=O) groups is 1. The van der Waals surface area contributed by atoms with Crippen molar-refractivity contribution in [2.75, 3.05) is 12.4 Å². The van der Waals surface area contributed by atoms with Crippen LogP contribution in [-0.2, 0) is 4.79 Å². The number of rotatable bonds is 7. The zero-order chi connectivity index (χ0) is 23.7. The second-order valence-corrected chi connectivity index (χ2v) is 8.87. The first-order valence-corrected chi connectivity index (χ1v) is 11.1. The Balaban J connectivity index is 1.57. The second-order valence-electron chi connectivity index (χ2n) is 7.16. The molecule has 0 saturated heterocycles. The highest BCUT2D eigenvalue weighted by Crippen LogP contribution is 2.32. The molecular weight excluding hydrogens is 474 g/mol. The summed E-state index contributed by atoms with van der Waals surface area (Å²) >= 11 is 7.20. The van der Waals surface area contributed by atoms with Gasteiger partial charge in [0, 0.05) is 17.1 Å². The molecule has 1 unspecified atom stereocenters. The molecule has 0 saturated carbocycles. The van der Waals surface area contributed by atoms with Crippen LogP contribution in [0.3, 0.4) is 0 Å². The minimum atomic E-state index is -2.99. The lowest BCUT2D eigenvalue weighted by Gasteiger charge is -2.13. The molecule has 33 heavy (non-hydrogen) atoms. The van der Waals surface area contributed by atoms with Gasteiger partial charge in [0.05, 0.1) is 22.9 Å². The van der Waals surface area contributed by atoms with Gasteiger partial charge in [-0.3, -0.25) is 9.20 Å². The van der Waals surface area contributed by atoms with Crippen LogP contribution in [-0.4, -0.2) is 39.5 Å². The summed E-state index contributed by atoms with van der Waals surface area (Å²) in [5, 5.41) is 12.2. The quantitative estimate of drug-likeness (QED) is 0.340. The molecule has 7 nitrogen and oxygen atoms in total. The zero-order valence-electron chi connectivity index (χ0n) is 17.8. The number of ether oxygens (including phenoxy) is 2. The first-order valence-electron chi connectivity index (χ1n) is 9.81. The second kappa shape index (κ2) is 9.40. The summed E-state index contributed by atoms with van der Waals surface area (Å²) in [6.07, 6.45) is 0. The van der Waals surface area contributed by atoms with E-state index in [1.54, 1.807) is 14.0 Å². The Morgan fingerprint density at radius 3 is 2.67 bits per heavy atom. The molecule has 0 spiro atoms. The predicted molar refractivity (Wildman–Crippen MR) is 124 cm³/mol. The largest absolute Gasteiger partial charge is 0.497 e. The number of halogens is 3. The number of hydrogen-bond donors (Lipinski definition) is 1. The van der Waals surface area contributed by atoms with Crippen LogP contribution in [0.25, 0.3) is 16.6 Å². The molecule has 2 aromatic heterocycles. The summed E-state index contributed by atoms with van der Waals surface area (Å²) in [7, 11) is 1.60. The number of nitrogens with one attached hydrogen (secondary N) is 1. The van der Waals surface area contributed by atoms with Gasteiger partial charge in [-0.2, -0.15) is 8.78 Å². The standard InChI is InChI=1S/C22H19ClF2N4O3S/c1-11-8-19-27-28-22(29(19)17-10-14(31-3)5-6-15(11)17)33-12(2)20(30)26-13-4-7-18(16(23)9-13)32-21(24)25/h4-10,12,21H,1-3H3,(H,26,30). The van der Waals surface area contributed by atoms with Gasteiger partial charge in [0.25, 0.3) is 0 Å². The summed E-state index contributed by atoms with van der Waals surface area (Å²) in [6.45, 7) is 0.737. The van der Waals surface area contributed by atoms with Gasteiger partial charge in [0.2, 0.25) is 5.91 Å². The summed E-state index contributed by atoms with van der Waals surface area (Å²) < 4.78 is 36.4. The van der Waals surface area contributed by atoms with E-state index in [-0.39, 0.29) is 16.7 Å². The molecule has 1 N–H and O–H groups in total. The van der Waals surface area contributed by atoms with Crippen LogP contribution >= 0.6 is 23.4 Å². The predicted octanol–water partition coefficient (Wildman–Crippen LogP) is 5.57. The van der Waals surface area contributed by atoms with E-state index in [1.807, 2.05) is 35.6 Å². The molecule has 0 aliphatic carbocycles. The highest BCUT2D eigenvalue weighted by Gasteiger charge is 2.20. The van der Waals surface area contributed by atoms with Gasteiger partial charge >= 0.3 is 6.61 Å². The number of nitrogens with zero attached hydrogens (tertiary/aromatic N) is 3. The number of fused-ring (bicyclic) bond motifs is 3. The molecule has 0 aliphatic rings. The summed E-state index contributed by atoms with van der Waals surface area (Å²) in [6, 6.07) is 11.8. The van der Waals surface area contributed by atoms with E-state index in [1.165, 1.54) is 30.0 Å². The Bertz CT molecular complexity index is 1350. The van der Waals surface area contributed by atoms with Crippen molar-refractivity contribution in [3.05, 3.63) is 53.1 Å². The first kappa shape index (κ1) is 23.1. The molecular formula is C22H19ClF2N4O3S. The number of aromatic nitrogens is 3. The number of aryl methyl sites for hydroxylation is 1. The van der Waals surface area contributed by atoms with Crippen LogP contribution in [0.4, 0.5) is 14.5 Å². The van der Waals surface area contributed by atoms with Crippen molar-refractivity contribution in [3.63, 3.8) is 0 Å². The summed E-state index contributed by atoms with van der Waals surface area (Å²) in [4.78, 5) is 12.8. The Kier molecular flexibility index (Phi) is 6.57. The van der Waals surface area contributed by atoms with Crippen molar-refractivity contribution < 1.29 is 23.0 Å². The number of methoxy groups -OCH3 is 1. The Morgan fingerprint density at radius 1 is 1.18 bits per heavy atom. The maximum Gasteiger partial charge on any atom is 0.387 e. The minimum Gasteiger partial charge on any atom is -0.497 e. The van der Waals surface area contributed by atoms with Crippen LogP contribution in [0.1, 0.15) is 12.5 Å². The average Bonchev–Trinajstić information content (AvgIpc) is 3.17. The van der Waals surface area contributed by atoms with Gasteiger partial charge in [-0.1, -0.05) is 23.4 Å². The molecule has 0 aliphatic heterocycles. The van der Waals surface area contributed by atoms with Crippen molar-refractivity contribution >= 4 is 51.5 Å². The number of carbonyl (C=O) groups excluding carboxylic acids is 1. The average molecular weight is 493 g/mol. The lowest BCUT2D eigenvalue weighted by Crippen LogP contribution is -2.22. The molecule has 1 amide bonds. The molecule has 0 radical (unpaired) electrons. The molecule has 0 fully saturated rings. The Hall–Kier alpha value is -3.11. The topological polar surface area (TPSA) is 77.8 Å². The smallest absolute Gasteiger partial charge is 0.387 e. The van der Waals surface area contributed by atoms with E-state index < -0.39 is 11.9 Å². The molecule has 2 aromatic carbocycles. The van der Waals surface area contributed by atoms with Crippen LogP contribution in [0.15, 0.2) is 47.6 Å². The highest BCUT2D eigenvalue weighted by atomic mass is 35.5. The van der Waals surface area contributed by atoms with E-state index >= 15 is 0 Å². The van der Waals surface area contributed by atoms with Gasteiger partial charge < -0.3 is 14.8 Å². The van der Waals surface area contributed by atoms with Crippen molar-refractivity contribution in [1.82, 2.24) is 14.6 Å². The molecule has 11 heteroatoms. The van der Waals surface area contributed by atoms with Crippen LogP contribution in [0, 0.1) is 6.92 Å². The fourth-order valence-electron chi connectivity index (χ4n) is 3.33. The third-order valence-corrected chi connectivity index (χ3v) is 6.28. The number of anilines is 1. The van der Waals surface area contributed by atoms with Gasteiger partial charge in [0.1, 0.15) is 11.5 Å². The number of amides is 1. The van der Waals surface area contributed by atoms with Crippen molar-refractivity contribution in [2.45, 2.75) is 30.9 Å². The van der Waals surface area contributed by atoms with Crippen LogP contribution in [0.2, 0.25) is 5.02 Å². The van der Waals surface area contributed by atoms with Gasteiger partial charge in [0.15, 0.2) is 10.8 Å². The molecule has 4 aromatic rings. The van der Waals surface area contributed by atoms with E-state index in [2.05, 4.69) is 20.3 Å². The molecule has 2 heterocycles. The monoisotopic (exact) mass is 492 g/mol. The number of hydrogen-bond acceptors (Lipinski definition) is 6. The Morgan fingerprint density at radius 2 is 1.97 bits per heavy atom. The SMILES string of the molecule is COc1ccc2c(C)cc3nnc(SC(C)C(=O)Nc4ccc(OC(F)F)c(Cl)c4)n3c2c1. The highest BCUT2D eigenvalue weighted by molar-refractivity contribution is 8.00. The van der Waals surface area contributed by atoms with E-state index in [0.29, 0.717) is 22.2 Å². The lowest BCUT2D eigenvalue weighted by molar-refractivity contribution is -0.115. The third-order valence-electron chi connectivity index (χ3n) is 4.94. The number of alkyl halides is 2. The van der Waals surface area contributed by atoms with Crippen LogP contribution < -0.4 is 14.8 Å². The van der Waals surface area contributed by atoms with Crippen LogP contribution in [0.5, 0.6) is 11.5 Å². The van der Waals surface area contributed by atoms with Crippen molar-refractivity contribution in [3.8, 4) is 11.5 Å². The van der Waals surface area contributed by atoms with E-state index in [4.69, 9.17) is 16.3 Å². The fourth-order valence-corrected chi connectivity index (χ4v) is 4.42. The number of thioether (sulfide) groups is 1. The molecule has 4 rings (SSSR count). The maximum atomic E-state index is 12.8. The lowest BCUT2D eigenvalue weighted by atomic mass is 10.1. The molecule has 0 bridgehead atoms. The van der Waals surface area contributed by atoms with Gasteiger partial charge in [-0.15, -0.1) is 10.2 Å². The minimum absolute atomic E-state index is 0.0346. The van der Waals surface area contributed by atoms with Gasteiger partial charge in [-0.25, -0.2) is 0 Å². The van der Waals surface area contributed by atoms with Crippen molar-refractivity contribution in [1.29, 1.82) is 0 Å². The Labute approximate surface area is 197 Å². The first-order chi connectivity index (χ1) is 15.8. The number of pyridine rings is 1. The number of benzene rings is 2. The summed E-state index contributed by atoms with van der Waals surface area (Å²) in [5.74, 6) is 0.213. The maximum absolute atomic E-state index is 12.8. The zero-order valence-corrected chi connectivity index (χ0v) is 19.4. The van der Waals surface area contributed by atoms with E-state index in [9.17, 15) is 13.6 Å². The molecule has 1 atom stereocenters. The normalized spacial score (nSPS) is 12.3. The van der Waals surface area contributed by atoms with Gasteiger partial charge in [-0.05, 0) is 55.8 Å².